The van der Waals surface area contributed by atoms with Gasteiger partial charge in [-0.15, -0.1) is 0 Å². The zero-order valence-corrected chi connectivity index (χ0v) is 11.9. The van der Waals surface area contributed by atoms with Gasteiger partial charge in [-0.1, -0.05) is 51.9 Å². The minimum Gasteiger partial charge on any atom is -0.510 e. The van der Waals surface area contributed by atoms with Gasteiger partial charge in [0.1, 0.15) is 0 Å². The van der Waals surface area contributed by atoms with E-state index in [0.717, 1.165) is 12.8 Å². The lowest BCUT2D eigenvalue weighted by atomic mass is 10.1. The van der Waals surface area contributed by atoms with Crippen LogP contribution in [0.5, 0.6) is 0 Å². The van der Waals surface area contributed by atoms with Crippen LogP contribution in [0, 0.1) is 0 Å². The van der Waals surface area contributed by atoms with Crippen molar-refractivity contribution in [1.29, 1.82) is 0 Å². The number of carbonyl (C=O) groups is 1. The van der Waals surface area contributed by atoms with Crippen molar-refractivity contribution in [2.75, 3.05) is 0 Å². The van der Waals surface area contributed by atoms with E-state index in [0.29, 0.717) is 6.42 Å². The normalized spacial score (nSPS) is 9.22. The van der Waals surface area contributed by atoms with E-state index in [4.69, 9.17) is 19.6 Å². The molecule has 6 nitrogen and oxygen atoms in total. The Morgan fingerprint density at radius 1 is 1.06 bits per heavy atom. The molecule has 0 fully saturated rings. The van der Waals surface area contributed by atoms with Gasteiger partial charge in [-0.2, -0.15) is 0 Å². The summed E-state index contributed by atoms with van der Waals surface area (Å²) in [7, 11) is -3.07. The minimum absolute atomic E-state index is 0.342. The van der Waals surface area contributed by atoms with Crippen LogP contribution in [0.15, 0.2) is 0 Å². The fourth-order valence-electron chi connectivity index (χ4n) is 1.41. The van der Waals surface area contributed by atoms with Crippen LogP contribution >= 0.6 is 0 Å². The summed E-state index contributed by atoms with van der Waals surface area (Å²) in [6.45, 7) is 2.22. The van der Waals surface area contributed by atoms with Gasteiger partial charge in [0.15, 0.2) is 0 Å². The molecule has 0 spiro atoms. The van der Waals surface area contributed by atoms with Crippen molar-refractivity contribution in [2.45, 2.75) is 64.7 Å². The first-order chi connectivity index (χ1) is 8.54. The molecule has 108 valence electrons. The monoisotopic (exact) mass is 280 g/mol. The first-order valence-electron chi connectivity index (χ1n) is 6.30. The third kappa shape index (κ3) is 24.3. The molecule has 0 aliphatic carbocycles. The van der Waals surface area contributed by atoms with E-state index in [-0.39, 0.29) is 0 Å². The summed E-state index contributed by atoms with van der Waals surface area (Å²) < 4.78 is 11.9. The number of hydrogen-bond acceptors (Lipinski definition) is 4. The van der Waals surface area contributed by atoms with Crippen LogP contribution < -0.4 is 0 Å². The lowest BCUT2D eigenvalue weighted by Crippen LogP contribution is -1.99. The van der Waals surface area contributed by atoms with Gasteiger partial charge >= 0.3 is 15.1 Å². The maximum Gasteiger partial charge on any atom is 0.798 e. The largest absolute Gasteiger partial charge is 0.798 e. The highest BCUT2D eigenvalue weighted by Crippen LogP contribution is 2.09. The third-order valence-electron chi connectivity index (χ3n) is 2.32. The molecule has 0 atom stereocenters. The van der Waals surface area contributed by atoms with Crippen LogP contribution in [0.25, 0.3) is 0 Å². The molecule has 0 aromatic rings. The number of unbranched alkanes of at least 4 members (excludes halogenated alkanes) is 7. The van der Waals surface area contributed by atoms with Crippen molar-refractivity contribution in [1.82, 2.24) is 0 Å². The maximum absolute atomic E-state index is 10.2. The van der Waals surface area contributed by atoms with E-state index in [1.54, 1.807) is 0 Å². The van der Waals surface area contributed by atoms with Gasteiger partial charge in [-0.05, 0) is 6.42 Å². The van der Waals surface area contributed by atoms with Gasteiger partial charge in [0.25, 0.3) is 0 Å². The molecule has 0 saturated carbocycles. The van der Waals surface area contributed by atoms with E-state index < -0.39 is 15.1 Å². The summed E-state index contributed by atoms with van der Waals surface area (Å²) >= 11 is 0. The fourth-order valence-corrected chi connectivity index (χ4v) is 1.41. The molecule has 7 heteroatoms. The van der Waals surface area contributed by atoms with Crippen LogP contribution in [0.4, 0.5) is 0 Å². The number of rotatable bonds is 10. The van der Waals surface area contributed by atoms with Crippen LogP contribution in [-0.4, -0.2) is 30.3 Å². The van der Waals surface area contributed by atoms with Crippen LogP contribution in [0.1, 0.15) is 64.7 Å². The fraction of sp³-hybridized carbons (Fsp3) is 0.909. The number of carboxylic acid groups (broad SMARTS) is 1. The molecule has 0 aliphatic heterocycles. The lowest BCUT2D eigenvalue weighted by molar-refractivity contribution is -0.161. The summed E-state index contributed by atoms with van der Waals surface area (Å²) in [4.78, 5) is 17.6. The molecular formula is C11H24O6Si. The topological polar surface area (TPSA) is 104 Å². The highest BCUT2D eigenvalue weighted by Gasteiger charge is 1.97. The van der Waals surface area contributed by atoms with Crippen molar-refractivity contribution in [2.24, 2.45) is 0 Å². The maximum atomic E-state index is 10.2. The Morgan fingerprint density at radius 3 is 1.78 bits per heavy atom. The van der Waals surface area contributed by atoms with E-state index in [9.17, 15) is 4.79 Å². The molecule has 3 N–H and O–H groups in total. The van der Waals surface area contributed by atoms with Crippen LogP contribution in [0.2, 0.25) is 0 Å². The van der Waals surface area contributed by atoms with Crippen LogP contribution in [0.3, 0.4) is 0 Å². The summed E-state index contributed by atoms with van der Waals surface area (Å²) in [5.41, 5.74) is 0. The number of carboxylic acids is 1. The quantitative estimate of drug-likeness (QED) is 0.246. The van der Waals surface area contributed by atoms with Crippen molar-refractivity contribution in [3.63, 3.8) is 0 Å². The summed E-state index contributed by atoms with van der Waals surface area (Å²) in [6.07, 6.45) is 10.1. The Labute approximate surface area is 109 Å². The zero-order valence-electron chi connectivity index (χ0n) is 10.9. The van der Waals surface area contributed by atoms with Crippen molar-refractivity contribution in [3.05, 3.63) is 0 Å². The molecule has 0 saturated heterocycles. The predicted octanol–water partition coefficient (Wildman–Crippen LogP) is 2.49. The molecule has 18 heavy (non-hydrogen) atoms. The van der Waals surface area contributed by atoms with Gasteiger partial charge < -0.3 is 14.5 Å². The van der Waals surface area contributed by atoms with Gasteiger partial charge in [-0.25, -0.2) is 5.26 Å². The third-order valence-corrected chi connectivity index (χ3v) is 2.48. The standard InChI is InChI=1S/C11H22O2.H2O4Si/c1-2-3-4-5-6-7-8-9-10-11(12)13;1-4-5(2)3/h2-10H2,1H3,(H,12,13);1-2H. The average Bonchev–Trinajstić information content (AvgIpc) is 2.33. The van der Waals surface area contributed by atoms with Gasteiger partial charge in [-0.3, -0.25) is 9.26 Å². The number of aliphatic carboxylic acids is 1. The SMILES string of the molecule is CCCCCCCCCCC(=O)O.O=[Si](O)OO. The van der Waals surface area contributed by atoms with Crippen molar-refractivity contribution < 1.29 is 29.0 Å². The second-order valence-electron chi connectivity index (χ2n) is 3.98. The average molecular weight is 280 g/mol. The molecule has 0 rings (SSSR count). The second-order valence-corrected chi connectivity index (χ2v) is 4.69. The Kier molecular flexibility index (Phi) is 17.3. The first-order valence-corrected chi connectivity index (χ1v) is 7.57. The Bertz CT molecular complexity index is 210. The van der Waals surface area contributed by atoms with E-state index >= 15 is 0 Å². The molecule has 0 aromatic heterocycles. The van der Waals surface area contributed by atoms with E-state index in [1.165, 1.54) is 38.5 Å². The molecule has 0 unspecified atom stereocenters. The highest BCUT2D eigenvalue weighted by molar-refractivity contribution is 6.23. The molecule has 0 radical (unpaired) electrons. The van der Waals surface area contributed by atoms with Crippen molar-refractivity contribution >= 4 is 15.1 Å². The smallest absolute Gasteiger partial charge is 0.510 e. The van der Waals surface area contributed by atoms with Crippen molar-refractivity contribution in [3.8, 4) is 0 Å². The predicted molar refractivity (Wildman–Crippen MR) is 67.2 cm³/mol. The summed E-state index contributed by atoms with van der Waals surface area (Å²) in [5.74, 6) is -0.661. The molecule has 0 heterocycles. The molecular weight excluding hydrogens is 256 g/mol. The summed E-state index contributed by atoms with van der Waals surface area (Å²) in [6, 6.07) is 0. The lowest BCUT2D eigenvalue weighted by Gasteiger charge is -1.99. The number of hydrogen-bond donors (Lipinski definition) is 3. The molecule has 0 aromatic carbocycles. The van der Waals surface area contributed by atoms with E-state index in [1.807, 2.05) is 0 Å². The minimum atomic E-state index is -3.07. The zero-order chi connectivity index (χ0) is 14.2. The second kappa shape index (κ2) is 16.0. The first kappa shape index (κ1) is 19.4. The molecule has 0 amide bonds. The highest BCUT2D eigenvalue weighted by atomic mass is 28.3. The van der Waals surface area contributed by atoms with Gasteiger partial charge in [0, 0.05) is 6.42 Å². The summed E-state index contributed by atoms with van der Waals surface area (Å²) in [5, 5.41) is 15.5. The van der Waals surface area contributed by atoms with Crippen LogP contribution in [-0.2, 0) is 13.8 Å². The van der Waals surface area contributed by atoms with Gasteiger partial charge in [0.2, 0.25) is 0 Å². The Balaban J connectivity index is 0. The Morgan fingerprint density at radius 2 is 1.44 bits per heavy atom. The van der Waals surface area contributed by atoms with E-state index in [2.05, 4.69) is 11.5 Å². The van der Waals surface area contributed by atoms with Gasteiger partial charge in [0.05, 0.1) is 0 Å². The Hall–Kier alpha value is -0.953. The molecule has 0 aliphatic rings. The molecule has 0 bridgehead atoms.